The van der Waals surface area contributed by atoms with Crippen molar-refractivity contribution in [3.63, 3.8) is 0 Å². The van der Waals surface area contributed by atoms with E-state index in [1.807, 2.05) is 48.5 Å². The first-order valence-corrected chi connectivity index (χ1v) is 11.1. The second kappa shape index (κ2) is 13.0. The Hall–Kier alpha value is -2.57. The molecule has 1 atom stereocenters. The van der Waals surface area contributed by atoms with Gasteiger partial charge >= 0.3 is 5.97 Å². The summed E-state index contributed by atoms with van der Waals surface area (Å²) in [5.41, 5.74) is 3.41. The van der Waals surface area contributed by atoms with E-state index in [9.17, 15) is 4.79 Å². The molecule has 0 saturated heterocycles. The van der Waals surface area contributed by atoms with Crippen LogP contribution in [0, 0.1) is 0 Å². The van der Waals surface area contributed by atoms with Gasteiger partial charge in [-0.25, -0.2) is 10.2 Å². The molecule has 0 bridgehead atoms. The quantitative estimate of drug-likeness (QED) is 0.199. The van der Waals surface area contributed by atoms with Crippen LogP contribution in [0.5, 0.6) is 11.5 Å². The highest BCUT2D eigenvalue weighted by Gasteiger charge is 2.34. The Balaban J connectivity index is 2.10. The van der Waals surface area contributed by atoms with E-state index in [-0.39, 0.29) is 6.61 Å². The summed E-state index contributed by atoms with van der Waals surface area (Å²) in [7, 11) is 0. The smallest absolute Gasteiger partial charge is 0.328 e. The lowest BCUT2D eigenvalue weighted by atomic mass is 9.93. The van der Waals surface area contributed by atoms with Crippen LogP contribution in [0.3, 0.4) is 0 Å². The number of nitrogens with two attached hydrogens (primary N) is 1. The van der Waals surface area contributed by atoms with Gasteiger partial charge in [0.05, 0.1) is 13.2 Å². The Kier molecular flexibility index (Phi) is 10.3. The summed E-state index contributed by atoms with van der Waals surface area (Å²) in [6, 6.07) is 15.3. The minimum Gasteiger partial charge on any atom is -0.490 e. The largest absolute Gasteiger partial charge is 0.490 e. The third kappa shape index (κ3) is 7.89. The Morgan fingerprint density at radius 2 is 1.58 bits per heavy atom. The number of hydrazine groups is 1. The van der Waals surface area contributed by atoms with Crippen molar-refractivity contribution < 1.29 is 19.0 Å². The van der Waals surface area contributed by atoms with Gasteiger partial charge in [-0.15, -0.1) is 0 Å². The molecule has 0 spiro atoms. The fourth-order valence-electron chi connectivity index (χ4n) is 3.02. The van der Waals surface area contributed by atoms with Gasteiger partial charge in [0.15, 0.2) is 11.5 Å². The SMILES string of the molecule is CCCCOc1ccc(C[C@](C)(NN)C(=O)OCc2ccccc2)cc1OCCCC. The van der Waals surface area contributed by atoms with Gasteiger partial charge in [0, 0.05) is 6.42 Å². The molecule has 31 heavy (non-hydrogen) atoms. The van der Waals surface area contributed by atoms with Gasteiger partial charge in [-0.05, 0) is 43.0 Å². The summed E-state index contributed by atoms with van der Waals surface area (Å²) in [5.74, 6) is 6.78. The molecule has 0 radical (unpaired) electrons. The lowest BCUT2D eigenvalue weighted by Crippen LogP contribution is -2.55. The second-order valence-electron chi connectivity index (χ2n) is 7.90. The molecule has 0 unspecified atom stereocenters. The van der Waals surface area contributed by atoms with E-state index in [0.717, 1.165) is 42.6 Å². The number of esters is 1. The molecule has 2 aromatic rings. The topological polar surface area (TPSA) is 82.8 Å². The van der Waals surface area contributed by atoms with E-state index in [0.29, 0.717) is 25.4 Å². The molecule has 0 heterocycles. The van der Waals surface area contributed by atoms with Crippen LogP contribution in [0.25, 0.3) is 0 Å². The molecule has 0 aliphatic rings. The van der Waals surface area contributed by atoms with Crippen molar-refractivity contribution >= 4 is 5.97 Å². The third-order valence-electron chi connectivity index (χ3n) is 5.06. The molecule has 3 N–H and O–H groups in total. The number of rotatable bonds is 14. The molecule has 0 aromatic heterocycles. The highest BCUT2D eigenvalue weighted by molar-refractivity contribution is 5.80. The van der Waals surface area contributed by atoms with Crippen molar-refractivity contribution in [2.75, 3.05) is 13.2 Å². The zero-order valence-corrected chi connectivity index (χ0v) is 19.0. The van der Waals surface area contributed by atoms with E-state index in [4.69, 9.17) is 20.1 Å². The molecular formula is C25H36N2O4. The van der Waals surface area contributed by atoms with E-state index >= 15 is 0 Å². The van der Waals surface area contributed by atoms with Crippen LogP contribution in [-0.2, 0) is 22.6 Å². The van der Waals surface area contributed by atoms with E-state index in [1.54, 1.807) is 6.92 Å². The molecule has 2 rings (SSSR count). The van der Waals surface area contributed by atoms with Crippen LogP contribution in [-0.4, -0.2) is 24.7 Å². The summed E-state index contributed by atoms with van der Waals surface area (Å²) < 4.78 is 17.4. The number of benzene rings is 2. The Morgan fingerprint density at radius 3 is 2.19 bits per heavy atom. The Labute approximate surface area is 186 Å². The number of hydrogen-bond donors (Lipinski definition) is 2. The monoisotopic (exact) mass is 428 g/mol. The van der Waals surface area contributed by atoms with Crippen LogP contribution < -0.4 is 20.7 Å². The molecule has 170 valence electrons. The molecule has 0 aliphatic heterocycles. The summed E-state index contributed by atoms with van der Waals surface area (Å²) in [6.07, 6.45) is 4.42. The van der Waals surface area contributed by atoms with Crippen molar-refractivity contribution in [3.05, 3.63) is 59.7 Å². The normalized spacial score (nSPS) is 12.8. The highest BCUT2D eigenvalue weighted by atomic mass is 16.5. The van der Waals surface area contributed by atoms with Crippen molar-refractivity contribution in [3.8, 4) is 11.5 Å². The van der Waals surface area contributed by atoms with Crippen molar-refractivity contribution in [2.24, 2.45) is 5.84 Å². The fourth-order valence-corrected chi connectivity index (χ4v) is 3.02. The summed E-state index contributed by atoms with van der Waals surface area (Å²) in [6.45, 7) is 7.46. The number of carbonyl (C=O) groups excluding carboxylic acids is 1. The van der Waals surface area contributed by atoms with Gasteiger partial charge in [0.2, 0.25) is 0 Å². The van der Waals surface area contributed by atoms with Crippen LogP contribution >= 0.6 is 0 Å². The predicted octanol–water partition coefficient (Wildman–Crippen LogP) is 4.55. The van der Waals surface area contributed by atoms with Crippen LogP contribution in [0.4, 0.5) is 0 Å². The lowest BCUT2D eigenvalue weighted by Gasteiger charge is -2.27. The van der Waals surface area contributed by atoms with Crippen LogP contribution in [0.1, 0.15) is 57.6 Å². The van der Waals surface area contributed by atoms with Crippen LogP contribution in [0.2, 0.25) is 0 Å². The van der Waals surface area contributed by atoms with Gasteiger partial charge in [-0.3, -0.25) is 5.84 Å². The zero-order chi connectivity index (χ0) is 22.5. The maximum absolute atomic E-state index is 12.8. The number of ether oxygens (including phenoxy) is 3. The van der Waals surface area contributed by atoms with Crippen LogP contribution in [0.15, 0.2) is 48.5 Å². The molecular weight excluding hydrogens is 392 g/mol. The maximum atomic E-state index is 12.8. The molecule has 0 amide bonds. The van der Waals surface area contributed by atoms with E-state index in [1.165, 1.54) is 0 Å². The van der Waals surface area contributed by atoms with Gasteiger partial charge in [-0.1, -0.05) is 63.1 Å². The molecule has 6 nitrogen and oxygen atoms in total. The first kappa shape index (κ1) is 24.7. The van der Waals surface area contributed by atoms with Crippen molar-refractivity contribution in [1.82, 2.24) is 5.43 Å². The average Bonchev–Trinajstić information content (AvgIpc) is 2.79. The van der Waals surface area contributed by atoms with Gasteiger partial charge in [0.25, 0.3) is 0 Å². The predicted molar refractivity (Wildman–Crippen MR) is 123 cm³/mol. The number of carbonyl (C=O) groups is 1. The van der Waals surface area contributed by atoms with Gasteiger partial charge < -0.3 is 14.2 Å². The van der Waals surface area contributed by atoms with Crippen molar-refractivity contribution in [1.29, 1.82) is 0 Å². The first-order chi connectivity index (χ1) is 15.0. The Morgan fingerprint density at radius 1 is 0.935 bits per heavy atom. The zero-order valence-electron chi connectivity index (χ0n) is 19.0. The second-order valence-corrected chi connectivity index (χ2v) is 7.90. The minimum atomic E-state index is -1.07. The van der Waals surface area contributed by atoms with Crippen molar-refractivity contribution in [2.45, 2.75) is 65.0 Å². The van der Waals surface area contributed by atoms with E-state index in [2.05, 4.69) is 19.3 Å². The highest BCUT2D eigenvalue weighted by Crippen LogP contribution is 2.30. The fraction of sp³-hybridized carbons (Fsp3) is 0.480. The van der Waals surface area contributed by atoms with Gasteiger partial charge in [-0.2, -0.15) is 0 Å². The van der Waals surface area contributed by atoms with E-state index < -0.39 is 11.5 Å². The molecule has 0 fully saturated rings. The average molecular weight is 429 g/mol. The molecule has 2 aromatic carbocycles. The number of unbranched alkanes of at least 4 members (excludes halogenated alkanes) is 2. The Bertz CT molecular complexity index is 797. The van der Waals surface area contributed by atoms with Gasteiger partial charge in [0.1, 0.15) is 12.1 Å². The minimum absolute atomic E-state index is 0.201. The summed E-state index contributed by atoms with van der Waals surface area (Å²) in [4.78, 5) is 12.8. The third-order valence-corrected chi connectivity index (χ3v) is 5.06. The molecule has 6 heteroatoms. The molecule has 0 saturated carbocycles. The maximum Gasteiger partial charge on any atom is 0.328 e. The number of hydrogen-bond acceptors (Lipinski definition) is 6. The first-order valence-electron chi connectivity index (χ1n) is 11.1. The lowest BCUT2D eigenvalue weighted by molar-refractivity contribution is -0.152. The standard InChI is InChI=1S/C25H36N2O4/c1-4-6-15-29-22-14-13-21(17-23(22)30-16-7-5-2)18-25(3,27-26)24(28)31-19-20-11-9-8-10-12-20/h8-14,17,27H,4-7,15-16,18-19,26H2,1-3H3/t25-/m0/s1. The summed E-state index contributed by atoms with van der Waals surface area (Å²) >= 11 is 0. The summed E-state index contributed by atoms with van der Waals surface area (Å²) in [5, 5.41) is 0. The molecule has 0 aliphatic carbocycles. The number of nitrogens with one attached hydrogen (secondary N) is 1.